The third kappa shape index (κ3) is 9.82. The topological polar surface area (TPSA) is 12.0 Å². The lowest BCUT2D eigenvalue weighted by Crippen LogP contribution is -2.28. The fourth-order valence-corrected chi connectivity index (χ4v) is 1.89. The smallest absolute Gasteiger partial charge is 0.0101 e. The number of terminal acetylenes is 1. The second kappa shape index (κ2) is 11.6. The molecule has 15 heavy (non-hydrogen) atoms. The lowest BCUT2D eigenvalue weighted by Gasteiger charge is -2.16. The summed E-state index contributed by atoms with van der Waals surface area (Å²) in [6, 6.07) is 0.646. The largest absolute Gasteiger partial charge is 0.314 e. The molecule has 0 bridgehead atoms. The Morgan fingerprint density at radius 2 is 1.80 bits per heavy atom. The highest BCUT2D eigenvalue weighted by molar-refractivity contribution is 4.85. The molecular weight excluding hydrogens is 182 g/mol. The van der Waals surface area contributed by atoms with Gasteiger partial charge in [-0.15, -0.1) is 12.3 Å². The van der Waals surface area contributed by atoms with E-state index in [2.05, 4.69) is 25.1 Å². The van der Waals surface area contributed by atoms with Crippen LogP contribution in [0.15, 0.2) is 0 Å². The Morgan fingerprint density at radius 1 is 1.07 bits per heavy atom. The van der Waals surface area contributed by atoms with E-state index in [1.807, 2.05) is 0 Å². The number of rotatable bonds is 10. The van der Waals surface area contributed by atoms with Crippen molar-refractivity contribution in [3.8, 4) is 12.3 Å². The average molecular weight is 209 g/mol. The van der Waals surface area contributed by atoms with Crippen molar-refractivity contribution in [2.45, 2.75) is 71.3 Å². The Morgan fingerprint density at radius 3 is 2.40 bits per heavy atom. The summed E-state index contributed by atoms with van der Waals surface area (Å²) in [4.78, 5) is 0. The van der Waals surface area contributed by atoms with E-state index in [9.17, 15) is 0 Å². The molecule has 0 heterocycles. The highest BCUT2D eigenvalue weighted by atomic mass is 14.9. The van der Waals surface area contributed by atoms with E-state index in [0.29, 0.717) is 6.04 Å². The fraction of sp³-hybridized carbons (Fsp3) is 0.857. The third-order valence-electron chi connectivity index (χ3n) is 2.79. The van der Waals surface area contributed by atoms with Gasteiger partial charge in [0.15, 0.2) is 0 Å². The van der Waals surface area contributed by atoms with Crippen molar-refractivity contribution in [2.75, 3.05) is 6.54 Å². The molecule has 0 aromatic heterocycles. The van der Waals surface area contributed by atoms with Gasteiger partial charge < -0.3 is 5.32 Å². The van der Waals surface area contributed by atoms with Gasteiger partial charge in [0.05, 0.1) is 0 Å². The summed E-state index contributed by atoms with van der Waals surface area (Å²) in [5, 5.41) is 3.51. The van der Waals surface area contributed by atoms with Gasteiger partial charge in [-0.05, 0) is 19.4 Å². The molecular formula is C14H27N. The molecule has 0 radical (unpaired) electrons. The first kappa shape index (κ1) is 14.5. The van der Waals surface area contributed by atoms with E-state index in [1.165, 1.54) is 38.5 Å². The normalized spacial score (nSPS) is 12.3. The van der Waals surface area contributed by atoms with Crippen LogP contribution in [0, 0.1) is 12.3 Å². The van der Waals surface area contributed by atoms with Gasteiger partial charge in [-0.3, -0.25) is 0 Å². The number of unbranched alkanes of at least 4 members (excludes halogenated alkanes) is 4. The Labute approximate surface area is 96.0 Å². The van der Waals surface area contributed by atoms with Gasteiger partial charge in [0.1, 0.15) is 0 Å². The van der Waals surface area contributed by atoms with E-state index in [4.69, 9.17) is 6.42 Å². The van der Waals surface area contributed by atoms with Crippen molar-refractivity contribution in [3.05, 3.63) is 0 Å². The molecule has 0 saturated heterocycles. The Balaban J connectivity index is 3.44. The second-order valence-corrected chi connectivity index (χ2v) is 4.20. The molecule has 0 aliphatic rings. The van der Waals surface area contributed by atoms with Crippen molar-refractivity contribution in [1.29, 1.82) is 0 Å². The molecule has 1 heteroatoms. The first-order chi connectivity index (χ1) is 7.35. The Kier molecular flexibility index (Phi) is 11.2. The van der Waals surface area contributed by atoms with E-state index in [-0.39, 0.29) is 0 Å². The average Bonchev–Trinajstić information content (AvgIpc) is 2.25. The summed E-state index contributed by atoms with van der Waals surface area (Å²) in [5.41, 5.74) is 0. The van der Waals surface area contributed by atoms with Crippen molar-refractivity contribution >= 4 is 0 Å². The molecule has 0 saturated carbocycles. The minimum absolute atomic E-state index is 0.646. The van der Waals surface area contributed by atoms with Gasteiger partial charge in [0.25, 0.3) is 0 Å². The van der Waals surface area contributed by atoms with Crippen molar-refractivity contribution < 1.29 is 0 Å². The summed E-state index contributed by atoms with van der Waals surface area (Å²) in [5.74, 6) is 2.73. The van der Waals surface area contributed by atoms with E-state index in [0.717, 1.165) is 19.4 Å². The van der Waals surface area contributed by atoms with Gasteiger partial charge in [0.2, 0.25) is 0 Å². The van der Waals surface area contributed by atoms with Crippen LogP contribution in [0.1, 0.15) is 65.2 Å². The molecule has 1 unspecified atom stereocenters. The molecule has 0 aromatic carbocycles. The van der Waals surface area contributed by atoms with Crippen LogP contribution in [-0.4, -0.2) is 12.6 Å². The molecule has 0 rings (SSSR count). The van der Waals surface area contributed by atoms with Crippen molar-refractivity contribution in [1.82, 2.24) is 5.32 Å². The first-order valence-corrected chi connectivity index (χ1v) is 6.52. The SMILES string of the molecule is C#CCCC(CCCCCCC)NCC. The van der Waals surface area contributed by atoms with Gasteiger partial charge in [0, 0.05) is 12.5 Å². The highest BCUT2D eigenvalue weighted by Crippen LogP contribution is 2.10. The van der Waals surface area contributed by atoms with Gasteiger partial charge in [-0.2, -0.15) is 0 Å². The molecule has 0 aliphatic carbocycles. The van der Waals surface area contributed by atoms with Crippen LogP contribution in [0.2, 0.25) is 0 Å². The molecule has 1 N–H and O–H groups in total. The molecule has 0 spiro atoms. The monoisotopic (exact) mass is 209 g/mol. The maximum atomic E-state index is 5.29. The quantitative estimate of drug-likeness (QED) is 0.427. The second-order valence-electron chi connectivity index (χ2n) is 4.20. The lowest BCUT2D eigenvalue weighted by atomic mass is 10.0. The van der Waals surface area contributed by atoms with Gasteiger partial charge in [-0.25, -0.2) is 0 Å². The molecule has 1 atom stereocenters. The minimum atomic E-state index is 0.646. The molecule has 0 aromatic rings. The summed E-state index contributed by atoms with van der Waals surface area (Å²) in [7, 11) is 0. The molecule has 1 nitrogen and oxygen atoms in total. The zero-order chi connectivity index (χ0) is 11.4. The summed E-state index contributed by atoms with van der Waals surface area (Å²) in [6.07, 6.45) is 15.5. The lowest BCUT2D eigenvalue weighted by molar-refractivity contribution is 0.444. The van der Waals surface area contributed by atoms with Crippen molar-refractivity contribution in [3.63, 3.8) is 0 Å². The van der Waals surface area contributed by atoms with Crippen LogP contribution in [0.4, 0.5) is 0 Å². The van der Waals surface area contributed by atoms with Crippen LogP contribution in [0.5, 0.6) is 0 Å². The third-order valence-corrected chi connectivity index (χ3v) is 2.79. The van der Waals surface area contributed by atoms with Crippen molar-refractivity contribution in [2.24, 2.45) is 0 Å². The number of nitrogens with one attached hydrogen (secondary N) is 1. The van der Waals surface area contributed by atoms with Crippen LogP contribution < -0.4 is 5.32 Å². The van der Waals surface area contributed by atoms with Crippen LogP contribution in [0.3, 0.4) is 0 Å². The predicted octanol–water partition coefficient (Wildman–Crippen LogP) is 3.74. The molecule has 0 fully saturated rings. The zero-order valence-corrected chi connectivity index (χ0v) is 10.5. The van der Waals surface area contributed by atoms with E-state index >= 15 is 0 Å². The Hall–Kier alpha value is -0.480. The molecule has 0 amide bonds. The maximum absolute atomic E-state index is 5.29. The van der Waals surface area contributed by atoms with E-state index in [1.54, 1.807) is 0 Å². The summed E-state index contributed by atoms with van der Waals surface area (Å²) in [6.45, 7) is 5.48. The van der Waals surface area contributed by atoms with Crippen LogP contribution in [-0.2, 0) is 0 Å². The van der Waals surface area contributed by atoms with Crippen LogP contribution in [0.25, 0.3) is 0 Å². The molecule has 88 valence electrons. The fourth-order valence-electron chi connectivity index (χ4n) is 1.89. The van der Waals surface area contributed by atoms with E-state index < -0.39 is 0 Å². The van der Waals surface area contributed by atoms with Gasteiger partial charge in [-0.1, -0.05) is 46.0 Å². The number of hydrogen-bond donors (Lipinski definition) is 1. The Bertz CT molecular complexity index is 157. The maximum Gasteiger partial charge on any atom is 0.0101 e. The minimum Gasteiger partial charge on any atom is -0.314 e. The zero-order valence-electron chi connectivity index (χ0n) is 10.5. The summed E-state index contributed by atoms with van der Waals surface area (Å²) < 4.78 is 0. The van der Waals surface area contributed by atoms with Gasteiger partial charge >= 0.3 is 0 Å². The molecule has 0 aliphatic heterocycles. The number of hydrogen-bond acceptors (Lipinski definition) is 1. The highest BCUT2D eigenvalue weighted by Gasteiger charge is 2.05. The summed E-state index contributed by atoms with van der Waals surface area (Å²) >= 11 is 0. The van der Waals surface area contributed by atoms with Crippen LogP contribution >= 0.6 is 0 Å². The first-order valence-electron chi connectivity index (χ1n) is 6.52. The predicted molar refractivity (Wildman–Crippen MR) is 68.9 cm³/mol. The standard InChI is InChI=1S/C14H27N/c1-4-7-9-10-11-13-14(15-6-3)12-8-5-2/h2,14-15H,4,6-13H2,1,3H3.